The van der Waals surface area contributed by atoms with E-state index in [0.717, 1.165) is 16.8 Å². The van der Waals surface area contributed by atoms with E-state index in [-0.39, 0.29) is 12.9 Å². The molecule has 1 aliphatic heterocycles. The Morgan fingerprint density at radius 2 is 1.85 bits per heavy atom. The molecule has 2 N–H and O–H groups in total. The summed E-state index contributed by atoms with van der Waals surface area (Å²) in [5.74, 6) is 0. The molecule has 20 heavy (non-hydrogen) atoms. The van der Waals surface area contributed by atoms with E-state index in [1.54, 1.807) is 0 Å². The van der Waals surface area contributed by atoms with E-state index in [0.29, 0.717) is 6.61 Å². The maximum Gasteiger partial charge on any atom is 0.324 e. The maximum absolute atomic E-state index is 11.9. The molecule has 2 aromatic carbocycles. The highest BCUT2D eigenvalue weighted by molar-refractivity contribution is 6.67. The van der Waals surface area contributed by atoms with Gasteiger partial charge in [0.2, 0.25) is 0 Å². The number of hydrogen-bond donors (Lipinski definition) is 2. The van der Waals surface area contributed by atoms with Gasteiger partial charge in [0.25, 0.3) is 0 Å². The average molecular weight is 266 g/mol. The molecule has 0 atom stereocenters. The van der Waals surface area contributed by atoms with Crippen LogP contribution in [0.3, 0.4) is 0 Å². The number of para-hydroxylation sites is 1. The summed E-state index contributed by atoms with van der Waals surface area (Å²) in [5.41, 5.74) is 3.87. The molecule has 0 radical (unpaired) electrons. The molecule has 0 spiro atoms. The number of carbonyl (C=O) groups excluding carboxylic acids is 1. The Labute approximate surface area is 118 Å². The van der Waals surface area contributed by atoms with Crippen LogP contribution >= 0.6 is 0 Å². The SMILES string of the molecule is CB1OCc2ccc(NC(=O)Nc3ccccc3)cc21. The van der Waals surface area contributed by atoms with Crippen molar-refractivity contribution in [2.24, 2.45) is 0 Å². The minimum Gasteiger partial charge on any atom is -0.427 e. The number of rotatable bonds is 2. The third-order valence-electron chi connectivity index (χ3n) is 3.36. The zero-order valence-electron chi connectivity index (χ0n) is 11.2. The normalized spacial score (nSPS) is 12.9. The second-order valence-corrected chi connectivity index (χ2v) is 4.81. The molecule has 0 fully saturated rings. The molecule has 0 saturated heterocycles. The van der Waals surface area contributed by atoms with E-state index in [1.807, 2.05) is 55.4 Å². The molecule has 100 valence electrons. The molecule has 0 saturated carbocycles. The Morgan fingerprint density at radius 1 is 1.10 bits per heavy atom. The minimum atomic E-state index is -0.247. The third kappa shape index (κ3) is 2.68. The second kappa shape index (κ2) is 5.39. The van der Waals surface area contributed by atoms with Gasteiger partial charge in [-0.1, -0.05) is 31.1 Å². The molecule has 2 aromatic rings. The Kier molecular flexibility index (Phi) is 3.43. The monoisotopic (exact) mass is 266 g/mol. The van der Waals surface area contributed by atoms with Crippen molar-refractivity contribution in [3.05, 3.63) is 54.1 Å². The summed E-state index contributed by atoms with van der Waals surface area (Å²) in [7, 11) is 0. The molecule has 0 aromatic heterocycles. The van der Waals surface area contributed by atoms with Gasteiger partial charge in [0.15, 0.2) is 0 Å². The fraction of sp³-hybridized carbons (Fsp3) is 0.133. The first-order valence-electron chi connectivity index (χ1n) is 6.60. The molecular formula is C15H15BN2O2. The van der Waals surface area contributed by atoms with E-state index in [1.165, 1.54) is 5.56 Å². The van der Waals surface area contributed by atoms with E-state index < -0.39 is 0 Å². The van der Waals surface area contributed by atoms with Crippen molar-refractivity contribution in [1.82, 2.24) is 0 Å². The molecule has 0 unspecified atom stereocenters. The van der Waals surface area contributed by atoms with Crippen molar-refractivity contribution in [1.29, 1.82) is 0 Å². The van der Waals surface area contributed by atoms with E-state index in [9.17, 15) is 4.79 Å². The number of urea groups is 1. The van der Waals surface area contributed by atoms with Crippen LogP contribution in [0, 0.1) is 0 Å². The van der Waals surface area contributed by atoms with E-state index >= 15 is 0 Å². The van der Waals surface area contributed by atoms with Crippen molar-refractivity contribution in [2.45, 2.75) is 13.4 Å². The number of benzene rings is 2. The fourth-order valence-electron chi connectivity index (χ4n) is 2.30. The number of fused-ring (bicyclic) bond motifs is 1. The maximum atomic E-state index is 11.9. The van der Waals surface area contributed by atoms with Crippen molar-refractivity contribution in [3.63, 3.8) is 0 Å². The first-order chi connectivity index (χ1) is 9.72. The van der Waals surface area contributed by atoms with Crippen LogP contribution in [0.25, 0.3) is 0 Å². The zero-order chi connectivity index (χ0) is 13.9. The van der Waals surface area contributed by atoms with Gasteiger partial charge in [0, 0.05) is 11.4 Å². The van der Waals surface area contributed by atoms with Crippen molar-refractivity contribution in [3.8, 4) is 0 Å². The highest BCUT2D eigenvalue weighted by Gasteiger charge is 2.23. The highest BCUT2D eigenvalue weighted by atomic mass is 16.4. The van der Waals surface area contributed by atoms with E-state index in [4.69, 9.17) is 4.65 Å². The van der Waals surface area contributed by atoms with Crippen LogP contribution in [0.2, 0.25) is 6.82 Å². The Morgan fingerprint density at radius 3 is 2.65 bits per heavy atom. The zero-order valence-corrected chi connectivity index (χ0v) is 11.2. The number of anilines is 2. The van der Waals surface area contributed by atoms with Gasteiger partial charge >= 0.3 is 12.9 Å². The lowest BCUT2D eigenvalue weighted by Gasteiger charge is -2.09. The molecule has 3 rings (SSSR count). The van der Waals surface area contributed by atoms with Crippen LogP contribution in [0.4, 0.5) is 16.2 Å². The largest absolute Gasteiger partial charge is 0.427 e. The Hall–Kier alpha value is -2.27. The Balaban J connectivity index is 1.69. The number of amides is 2. The molecule has 5 heteroatoms. The first kappa shape index (κ1) is 12.8. The quantitative estimate of drug-likeness (QED) is 0.821. The molecule has 2 amide bonds. The molecule has 1 heterocycles. The molecule has 1 aliphatic rings. The topological polar surface area (TPSA) is 50.4 Å². The van der Waals surface area contributed by atoms with Gasteiger partial charge in [0.05, 0.1) is 6.61 Å². The molecular weight excluding hydrogens is 251 g/mol. The lowest BCUT2D eigenvalue weighted by molar-refractivity contribution is 0.262. The fourth-order valence-corrected chi connectivity index (χ4v) is 2.30. The van der Waals surface area contributed by atoms with Gasteiger partial charge in [-0.05, 0) is 35.3 Å². The number of carbonyl (C=O) groups is 1. The number of nitrogens with one attached hydrogen (secondary N) is 2. The van der Waals surface area contributed by atoms with Crippen LogP contribution in [-0.2, 0) is 11.3 Å². The van der Waals surface area contributed by atoms with Gasteiger partial charge in [0.1, 0.15) is 0 Å². The van der Waals surface area contributed by atoms with Gasteiger partial charge in [-0.2, -0.15) is 0 Å². The summed E-state index contributed by atoms with van der Waals surface area (Å²) in [6.45, 7) is 2.75. The standard InChI is InChI=1S/C15H15BN2O2/c1-16-14-9-13(8-7-11(14)10-20-16)18-15(19)17-12-5-3-2-4-6-12/h2-9H,10H2,1H3,(H2,17,18,19). The molecule has 0 bridgehead atoms. The van der Waals surface area contributed by atoms with Gasteiger partial charge in [-0.15, -0.1) is 0 Å². The first-order valence-corrected chi connectivity index (χ1v) is 6.60. The molecule has 4 nitrogen and oxygen atoms in total. The molecule has 0 aliphatic carbocycles. The van der Waals surface area contributed by atoms with Crippen LogP contribution in [-0.4, -0.2) is 12.9 Å². The summed E-state index contributed by atoms with van der Waals surface area (Å²) < 4.78 is 5.55. The van der Waals surface area contributed by atoms with Crippen molar-refractivity contribution >= 4 is 29.8 Å². The highest BCUT2D eigenvalue weighted by Crippen LogP contribution is 2.15. The van der Waals surface area contributed by atoms with Crippen molar-refractivity contribution in [2.75, 3.05) is 10.6 Å². The van der Waals surface area contributed by atoms with Crippen LogP contribution < -0.4 is 16.1 Å². The lowest BCUT2D eigenvalue weighted by atomic mass is 9.64. The summed E-state index contributed by atoms with van der Waals surface area (Å²) in [5, 5.41) is 5.62. The lowest BCUT2D eigenvalue weighted by Crippen LogP contribution is -2.26. The summed E-state index contributed by atoms with van der Waals surface area (Å²) in [4.78, 5) is 11.9. The summed E-state index contributed by atoms with van der Waals surface area (Å²) in [6.07, 6.45) is 0. The van der Waals surface area contributed by atoms with Gasteiger partial charge < -0.3 is 15.3 Å². The second-order valence-electron chi connectivity index (χ2n) is 4.81. The van der Waals surface area contributed by atoms with Crippen LogP contribution in [0.1, 0.15) is 5.56 Å². The predicted molar refractivity (Wildman–Crippen MR) is 81.6 cm³/mol. The summed E-state index contributed by atoms with van der Waals surface area (Å²) in [6, 6.07) is 15.0. The van der Waals surface area contributed by atoms with Gasteiger partial charge in [-0.25, -0.2) is 4.79 Å². The van der Waals surface area contributed by atoms with Crippen LogP contribution in [0.15, 0.2) is 48.5 Å². The Bertz CT molecular complexity index is 631. The van der Waals surface area contributed by atoms with Gasteiger partial charge in [-0.3, -0.25) is 0 Å². The minimum absolute atomic E-state index is 0.0870. The van der Waals surface area contributed by atoms with Crippen molar-refractivity contribution < 1.29 is 9.45 Å². The number of hydrogen-bond acceptors (Lipinski definition) is 2. The summed E-state index contributed by atoms with van der Waals surface area (Å²) >= 11 is 0. The third-order valence-corrected chi connectivity index (χ3v) is 3.36. The van der Waals surface area contributed by atoms with Crippen LogP contribution in [0.5, 0.6) is 0 Å². The average Bonchev–Trinajstić information content (AvgIpc) is 2.81. The predicted octanol–water partition coefficient (Wildman–Crippen LogP) is 2.69. The van der Waals surface area contributed by atoms with E-state index in [2.05, 4.69) is 10.6 Å². The smallest absolute Gasteiger partial charge is 0.324 e.